The van der Waals surface area contributed by atoms with E-state index in [1.807, 2.05) is 24.1 Å². The van der Waals surface area contributed by atoms with Gasteiger partial charge in [-0.3, -0.25) is 9.67 Å². The Balaban J connectivity index is 0.00000484. The Hall–Kier alpha value is -0.830. The van der Waals surface area contributed by atoms with Crippen LogP contribution in [0.15, 0.2) is 17.4 Å². The van der Waals surface area contributed by atoms with E-state index in [2.05, 4.69) is 48.2 Å². The molecule has 6 nitrogen and oxygen atoms in total. The van der Waals surface area contributed by atoms with Crippen LogP contribution in [0.2, 0.25) is 0 Å². The fourth-order valence-electron chi connectivity index (χ4n) is 2.24. The maximum atomic E-state index is 4.73. The number of rotatable bonds is 9. The van der Waals surface area contributed by atoms with Gasteiger partial charge in [0.2, 0.25) is 0 Å². The Bertz CT molecular complexity index is 446. The maximum absolute atomic E-state index is 4.73. The van der Waals surface area contributed by atoms with Crippen molar-refractivity contribution in [3.63, 3.8) is 0 Å². The van der Waals surface area contributed by atoms with Crippen molar-refractivity contribution in [1.82, 2.24) is 24.9 Å². The highest BCUT2D eigenvalue weighted by Crippen LogP contribution is 2.01. The molecule has 0 aliphatic rings. The highest BCUT2D eigenvalue weighted by Gasteiger charge is 2.07. The molecule has 7 heteroatoms. The molecular formula is C16H33IN6. The zero-order valence-electron chi connectivity index (χ0n) is 15.2. The van der Waals surface area contributed by atoms with Crippen molar-refractivity contribution in [2.75, 3.05) is 40.3 Å². The minimum absolute atomic E-state index is 0. The number of aromatic nitrogens is 2. The van der Waals surface area contributed by atoms with E-state index < -0.39 is 0 Å². The van der Waals surface area contributed by atoms with Crippen molar-refractivity contribution in [3.05, 3.63) is 18.0 Å². The van der Waals surface area contributed by atoms with Gasteiger partial charge in [-0.1, -0.05) is 13.3 Å². The van der Waals surface area contributed by atoms with E-state index >= 15 is 0 Å². The van der Waals surface area contributed by atoms with Crippen molar-refractivity contribution in [2.24, 2.45) is 12.0 Å². The molecule has 0 spiro atoms. The molecule has 0 radical (unpaired) electrons. The van der Waals surface area contributed by atoms with Crippen LogP contribution in [0.3, 0.4) is 0 Å². The largest absolute Gasteiger partial charge is 0.357 e. The van der Waals surface area contributed by atoms with Crippen molar-refractivity contribution in [3.8, 4) is 0 Å². The molecule has 1 aromatic heterocycles. The summed E-state index contributed by atoms with van der Waals surface area (Å²) in [5, 5.41) is 7.57. The Kier molecular flexibility index (Phi) is 12.1. The summed E-state index contributed by atoms with van der Waals surface area (Å²) >= 11 is 0. The summed E-state index contributed by atoms with van der Waals surface area (Å²) in [6, 6.07) is 0. The van der Waals surface area contributed by atoms with Crippen LogP contribution >= 0.6 is 24.0 Å². The molecule has 0 atom stereocenters. The molecule has 1 rings (SSSR count). The van der Waals surface area contributed by atoms with Gasteiger partial charge in [0, 0.05) is 45.5 Å². The number of aryl methyl sites for hydroxylation is 1. The summed E-state index contributed by atoms with van der Waals surface area (Å²) in [5.74, 6) is 0.954. The molecule has 0 aliphatic heterocycles. The van der Waals surface area contributed by atoms with Crippen LogP contribution in [0.1, 0.15) is 32.3 Å². The van der Waals surface area contributed by atoms with Gasteiger partial charge in [0.1, 0.15) is 0 Å². The summed E-state index contributed by atoms with van der Waals surface area (Å²) in [7, 11) is 6.17. The van der Waals surface area contributed by atoms with Crippen LogP contribution in [0.4, 0.5) is 0 Å². The molecule has 0 amide bonds. The summed E-state index contributed by atoms with van der Waals surface area (Å²) in [4.78, 5) is 9.22. The Labute approximate surface area is 158 Å². The highest BCUT2D eigenvalue weighted by atomic mass is 127. The third-order valence-corrected chi connectivity index (χ3v) is 3.51. The third kappa shape index (κ3) is 9.14. The average molecular weight is 436 g/mol. The number of nitrogens with one attached hydrogen (secondary N) is 1. The van der Waals surface area contributed by atoms with Gasteiger partial charge in [0.15, 0.2) is 5.96 Å². The van der Waals surface area contributed by atoms with Gasteiger partial charge in [-0.05, 0) is 26.9 Å². The molecule has 0 aromatic carbocycles. The van der Waals surface area contributed by atoms with Crippen LogP contribution in [-0.2, 0) is 13.6 Å². The van der Waals surface area contributed by atoms with E-state index in [9.17, 15) is 0 Å². The molecule has 1 heterocycles. The van der Waals surface area contributed by atoms with Crippen molar-refractivity contribution < 1.29 is 0 Å². The molecule has 0 fully saturated rings. The van der Waals surface area contributed by atoms with Crippen LogP contribution in [0.5, 0.6) is 0 Å². The smallest absolute Gasteiger partial charge is 0.194 e. The summed E-state index contributed by atoms with van der Waals surface area (Å²) in [5.41, 5.74) is 1.19. The first-order valence-corrected chi connectivity index (χ1v) is 8.22. The van der Waals surface area contributed by atoms with Gasteiger partial charge < -0.3 is 15.1 Å². The first-order valence-electron chi connectivity index (χ1n) is 8.22. The van der Waals surface area contributed by atoms with Gasteiger partial charge in [0.25, 0.3) is 0 Å². The number of halogens is 1. The fourth-order valence-corrected chi connectivity index (χ4v) is 2.24. The molecular weight excluding hydrogens is 403 g/mol. The lowest BCUT2D eigenvalue weighted by Gasteiger charge is -2.22. The molecule has 0 saturated carbocycles. The molecule has 0 aliphatic carbocycles. The minimum atomic E-state index is 0. The zero-order valence-corrected chi connectivity index (χ0v) is 17.6. The van der Waals surface area contributed by atoms with E-state index in [1.165, 1.54) is 18.4 Å². The van der Waals surface area contributed by atoms with E-state index in [-0.39, 0.29) is 24.0 Å². The quantitative estimate of drug-likeness (QED) is 0.366. The number of unbranched alkanes of at least 4 members (excludes halogenated alkanes) is 1. The fraction of sp³-hybridized carbons (Fsp3) is 0.750. The average Bonchev–Trinajstić information content (AvgIpc) is 2.89. The van der Waals surface area contributed by atoms with Crippen molar-refractivity contribution >= 4 is 29.9 Å². The van der Waals surface area contributed by atoms with Gasteiger partial charge in [0.05, 0.1) is 12.7 Å². The van der Waals surface area contributed by atoms with E-state index in [0.717, 1.165) is 38.7 Å². The second-order valence-electron chi connectivity index (χ2n) is 5.77. The SMILES string of the molecule is CCCCN(C)CCN=C(NCC)N(C)Cc1cnn(C)c1.I. The minimum Gasteiger partial charge on any atom is -0.357 e. The van der Waals surface area contributed by atoms with E-state index in [4.69, 9.17) is 4.99 Å². The lowest BCUT2D eigenvalue weighted by Crippen LogP contribution is -2.39. The number of aliphatic imine (C=N–C) groups is 1. The standard InChI is InChI=1S/C16H32N6.HI/c1-6-8-10-20(3)11-9-18-16(17-7-2)21(4)13-15-12-19-22(5)14-15;/h12,14H,6-11,13H2,1-5H3,(H,17,18);1H. The van der Waals surface area contributed by atoms with Crippen LogP contribution < -0.4 is 5.32 Å². The van der Waals surface area contributed by atoms with Crippen molar-refractivity contribution in [1.29, 1.82) is 0 Å². The molecule has 0 unspecified atom stereocenters. The van der Waals surface area contributed by atoms with Gasteiger partial charge in [-0.25, -0.2) is 0 Å². The topological polar surface area (TPSA) is 48.7 Å². The lowest BCUT2D eigenvalue weighted by atomic mass is 10.3. The molecule has 23 heavy (non-hydrogen) atoms. The molecule has 0 bridgehead atoms. The second-order valence-corrected chi connectivity index (χ2v) is 5.77. The van der Waals surface area contributed by atoms with Gasteiger partial charge in [-0.2, -0.15) is 5.10 Å². The van der Waals surface area contributed by atoms with Crippen molar-refractivity contribution in [2.45, 2.75) is 33.2 Å². The van der Waals surface area contributed by atoms with Gasteiger partial charge >= 0.3 is 0 Å². The van der Waals surface area contributed by atoms with Crippen LogP contribution in [-0.4, -0.2) is 65.8 Å². The molecule has 0 saturated heterocycles. The Morgan fingerprint density at radius 2 is 2.04 bits per heavy atom. The predicted octanol–water partition coefficient (Wildman–Crippen LogP) is 2.17. The number of likely N-dealkylation sites (N-methyl/N-ethyl adjacent to an activating group) is 1. The zero-order chi connectivity index (χ0) is 16.4. The number of hydrogen-bond acceptors (Lipinski definition) is 3. The molecule has 1 aromatic rings. The molecule has 1 N–H and O–H groups in total. The van der Waals surface area contributed by atoms with Crippen LogP contribution in [0, 0.1) is 0 Å². The Morgan fingerprint density at radius 3 is 2.61 bits per heavy atom. The highest BCUT2D eigenvalue weighted by molar-refractivity contribution is 14.0. The predicted molar refractivity (Wildman–Crippen MR) is 108 cm³/mol. The maximum Gasteiger partial charge on any atom is 0.194 e. The molecule has 134 valence electrons. The number of guanidine groups is 1. The first kappa shape index (κ1) is 22.2. The van der Waals surface area contributed by atoms with E-state index in [1.54, 1.807) is 0 Å². The third-order valence-electron chi connectivity index (χ3n) is 3.51. The number of nitrogens with zero attached hydrogens (tertiary/aromatic N) is 5. The Morgan fingerprint density at radius 1 is 1.30 bits per heavy atom. The first-order chi connectivity index (χ1) is 10.6. The normalized spacial score (nSPS) is 11.5. The van der Waals surface area contributed by atoms with E-state index in [0.29, 0.717) is 0 Å². The summed E-state index contributed by atoms with van der Waals surface area (Å²) < 4.78 is 1.83. The summed E-state index contributed by atoms with van der Waals surface area (Å²) in [6.45, 7) is 8.97. The monoisotopic (exact) mass is 436 g/mol. The van der Waals surface area contributed by atoms with Gasteiger partial charge in [-0.15, -0.1) is 24.0 Å². The summed E-state index contributed by atoms with van der Waals surface area (Å²) in [6.07, 6.45) is 6.43. The lowest BCUT2D eigenvalue weighted by molar-refractivity contribution is 0.336. The van der Waals surface area contributed by atoms with Crippen LogP contribution in [0.25, 0.3) is 0 Å². The second kappa shape index (κ2) is 12.6. The number of hydrogen-bond donors (Lipinski definition) is 1.